The van der Waals surface area contributed by atoms with Crippen molar-refractivity contribution in [3.63, 3.8) is 0 Å². The third-order valence-electron chi connectivity index (χ3n) is 1.74. The smallest absolute Gasteiger partial charge is 0.413 e. The molecule has 0 aromatic carbocycles. The van der Waals surface area contributed by atoms with Gasteiger partial charge in [-0.15, -0.1) is 0 Å². The van der Waals surface area contributed by atoms with Crippen molar-refractivity contribution < 1.29 is 19.1 Å². The minimum absolute atomic E-state index is 0.00331. The Labute approximate surface area is 115 Å². The second kappa shape index (κ2) is 5.83. The number of halogens is 1. The third-order valence-corrected chi connectivity index (χ3v) is 2.01. The Balaban J connectivity index is 2.81. The number of esters is 1. The number of carbonyl (C=O) groups excluding carboxylic acids is 2. The van der Waals surface area contributed by atoms with Crippen molar-refractivity contribution in [2.45, 2.75) is 26.4 Å². The fourth-order valence-electron chi connectivity index (χ4n) is 1.05. The molecule has 1 aromatic rings. The topological polar surface area (TPSA) is 90.4 Å². The molecule has 0 aliphatic carbocycles. The maximum absolute atomic E-state index is 11.5. The van der Waals surface area contributed by atoms with Gasteiger partial charge in [0.05, 0.1) is 13.3 Å². The molecule has 0 saturated heterocycles. The van der Waals surface area contributed by atoms with Gasteiger partial charge in [-0.2, -0.15) is 0 Å². The fraction of sp³-hybridized carbons (Fsp3) is 0.455. The van der Waals surface area contributed by atoms with Crippen LogP contribution in [0.1, 0.15) is 31.3 Å². The van der Waals surface area contributed by atoms with E-state index in [-0.39, 0.29) is 16.7 Å². The van der Waals surface area contributed by atoms with Gasteiger partial charge in [0.1, 0.15) is 5.60 Å². The molecule has 1 N–H and O–H groups in total. The van der Waals surface area contributed by atoms with E-state index in [0.29, 0.717) is 0 Å². The number of amides is 1. The van der Waals surface area contributed by atoms with Gasteiger partial charge in [-0.3, -0.25) is 5.32 Å². The van der Waals surface area contributed by atoms with Gasteiger partial charge in [0.25, 0.3) is 0 Å². The van der Waals surface area contributed by atoms with Crippen molar-refractivity contribution in [2.24, 2.45) is 0 Å². The molecule has 0 bridgehead atoms. The number of ether oxygens (including phenoxy) is 2. The van der Waals surface area contributed by atoms with Gasteiger partial charge in [0.2, 0.25) is 0 Å². The first-order valence-electron chi connectivity index (χ1n) is 5.34. The molecular formula is C11H14ClN3O4. The van der Waals surface area contributed by atoms with Crippen LogP contribution in [0, 0.1) is 0 Å². The summed E-state index contributed by atoms with van der Waals surface area (Å²) in [5.74, 6) is -0.665. The number of rotatable bonds is 2. The molecule has 1 rings (SSSR count). The first kappa shape index (κ1) is 15.2. The van der Waals surface area contributed by atoms with Gasteiger partial charge in [-0.05, 0) is 20.8 Å². The summed E-state index contributed by atoms with van der Waals surface area (Å²) >= 11 is 5.79. The van der Waals surface area contributed by atoms with E-state index in [1.54, 1.807) is 20.8 Å². The lowest BCUT2D eigenvalue weighted by Crippen LogP contribution is -2.27. The standard InChI is InChI=1S/C11H14ClN3O4/c1-11(2,3)19-10(17)15-8-7(12)14-6(5-13-8)9(16)18-4/h5H,1-4H3,(H,13,15,17). The van der Waals surface area contributed by atoms with Gasteiger partial charge in [-0.1, -0.05) is 11.6 Å². The second-order valence-corrected chi connectivity index (χ2v) is 4.87. The minimum Gasteiger partial charge on any atom is -0.464 e. The Morgan fingerprint density at radius 1 is 1.37 bits per heavy atom. The average molecular weight is 288 g/mol. The molecule has 0 spiro atoms. The summed E-state index contributed by atoms with van der Waals surface area (Å²) in [6.45, 7) is 5.17. The molecule has 1 amide bonds. The molecule has 8 heteroatoms. The zero-order valence-electron chi connectivity index (χ0n) is 11.0. The van der Waals surface area contributed by atoms with Gasteiger partial charge in [0.15, 0.2) is 16.7 Å². The van der Waals surface area contributed by atoms with Crippen molar-refractivity contribution >= 4 is 29.5 Å². The van der Waals surface area contributed by atoms with Gasteiger partial charge < -0.3 is 9.47 Å². The average Bonchev–Trinajstić information content (AvgIpc) is 2.28. The van der Waals surface area contributed by atoms with Gasteiger partial charge in [0, 0.05) is 0 Å². The molecule has 0 saturated carbocycles. The zero-order valence-corrected chi connectivity index (χ0v) is 11.7. The molecule has 7 nitrogen and oxygen atoms in total. The zero-order chi connectivity index (χ0) is 14.6. The summed E-state index contributed by atoms with van der Waals surface area (Å²) in [5, 5.41) is 2.20. The summed E-state index contributed by atoms with van der Waals surface area (Å²) in [5.41, 5.74) is -0.696. The summed E-state index contributed by atoms with van der Waals surface area (Å²) in [6.07, 6.45) is 0.430. The van der Waals surface area contributed by atoms with Crippen LogP contribution in [0.2, 0.25) is 5.15 Å². The highest BCUT2D eigenvalue weighted by molar-refractivity contribution is 6.32. The number of hydrogen-bond acceptors (Lipinski definition) is 6. The Morgan fingerprint density at radius 3 is 2.47 bits per heavy atom. The van der Waals surface area contributed by atoms with Crippen LogP contribution in [-0.4, -0.2) is 34.7 Å². The highest BCUT2D eigenvalue weighted by atomic mass is 35.5. The molecule has 0 aliphatic heterocycles. The minimum atomic E-state index is -0.713. The molecular weight excluding hydrogens is 274 g/mol. The number of carbonyl (C=O) groups is 2. The molecule has 0 radical (unpaired) electrons. The predicted octanol–water partition coefficient (Wildman–Crippen LogP) is 2.26. The van der Waals surface area contributed by atoms with E-state index in [2.05, 4.69) is 20.0 Å². The van der Waals surface area contributed by atoms with E-state index in [1.165, 1.54) is 7.11 Å². The maximum Gasteiger partial charge on any atom is 0.413 e. The summed E-state index contributed by atoms with van der Waals surface area (Å²) in [6, 6.07) is 0. The monoisotopic (exact) mass is 287 g/mol. The predicted molar refractivity (Wildman–Crippen MR) is 68.2 cm³/mol. The molecule has 0 fully saturated rings. The summed E-state index contributed by atoms with van der Waals surface area (Å²) in [4.78, 5) is 30.3. The molecule has 104 valence electrons. The fourth-order valence-corrected chi connectivity index (χ4v) is 1.24. The molecule has 19 heavy (non-hydrogen) atoms. The molecule has 0 aliphatic rings. The van der Waals surface area contributed by atoms with Crippen molar-refractivity contribution in [1.82, 2.24) is 9.97 Å². The number of aromatic nitrogens is 2. The Hall–Kier alpha value is -1.89. The van der Waals surface area contributed by atoms with Crippen LogP contribution < -0.4 is 5.32 Å². The normalized spacial score (nSPS) is 10.8. The first-order chi connectivity index (χ1) is 8.73. The van der Waals surface area contributed by atoms with Crippen LogP contribution in [0.25, 0.3) is 0 Å². The number of nitrogens with zero attached hydrogens (tertiary/aromatic N) is 2. The largest absolute Gasteiger partial charge is 0.464 e. The summed E-state index contributed by atoms with van der Waals surface area (Å²) in [7, 11) is 1.21. The first-order valence-corrected chi connectivity index (χ1v) is 5.71. The Kier molecular flexibility index (Phi) is 4.66. The van der Waals surface area contributed by atoms with E-state index >= 15 is 0 Å². The van der Waals surface area contributed by atoms with Crippen molar-refractivity contribution in [3.8, 4) is 0 Å². The molecule has 0 atom stereocenters. The van der Waals surface area contributed by atoms with Gasteiger partial charge in [-0.25, -0.2) is 19.6 Å². The highest BCUT2D eigenvalue weighted by Gasteiger charge is 2.19. The Morgan fingerprint density at radius 2 is 2.00 bits per heavy atom. The van der Waals surface area contributed by atoms with Crippen LogP contribution in [0.5, 0.6) is 0 Å². The van der Waals surface area contributed by atoms with Crippen molar-refractivity contribution in [2.75, 3.05) is 12.4 Å². The number of anilines is 1. The molecule has 0 unspecified atom stereocenters. The third kappa shape index (κ3) is 4.70. The summed E-state index contributed by atoms with van der Waals surface area (Å²) < 4.78 is 9.49. The highest BCUT2D eigenvalue weighted by Crippen LogP contribution is 2.18. The van der Waals surface area contributed by atoms with Crippen molar-refractivity contribution in [3.05, 3.63) is 17.0 Å². The Bertz CT molecular complexity index is 499. The number of methoxy groups -OCH3 is 1. The lowest BCUT2D eigenvalue weighted by molar-refractivity contribution is 0.0592. The van der Waals surface area contributed by atoms with Crippen molar-refractivity contribution in [1.29, 1.82) is 0 Å². The maximum atomic E-state index is 11.5. The van der Waals surface area contributed by atoms with E-state index in [4.69, 9.17) is 16.3 Å². The quantitative estimate of drug-likeness (QED) is 0.839. The van der Waals surface area contributed by atoms with Crippen LogP contribution in [0.15, 0.2) is 6.20 Å². The van der Waals surface area contributed by atoms with E-state index < -0.39 is 17.7 Å². The molecule has 1 heterocycles. The SMILES string of the molecule is COC(=O)c1cnc(NC(=O)OC(C)(C)C)c(Cl)n1. The molecule has 1 aromatic heterocycles. The van der Waals surface area contributed by atoms with Crippen LogP contribution >= 0.6 is 11.6 Å². The lowest BCUT2D eigenvalue weighted by Gasteiger charge is -2.19. The van der Waals surface area contributed by atoms with E-state index in [1.807, 2.05) is 0 Å². The van der Waals surface area contributed by atoms with Gasteiger partial charge >= 0.3 is 12.1 Å². The van der Waals surface area contributed by atoms with Crippen LogP contribution in [0.3, 0.4) is 0 Å². The second-order valence-electron chi connectivity index (χ2n) is 4.51. The van der Waals surface area contributed by atoms with Crippen LogP contribution in [-0.2, 0) is 9.47 Å². The van der Waals surface area contributed by atoms with E-state index in [9.17, 15) is 9.59 Å². The number of hydrogen-bond donors (Lipinski definition) is 1. The van der Waals surface area contributed by atoms with Crippen LogP contribution in [0.4, 0.5) is 10.6 Å². The van der Waals surface area contributed by atoms with E-state index in [0.717, 1.165) is 6.20 Å². The lowest BCUT2D eigenvalue weighted by atomic mass is 10.2. The number of nitrogens with one attached hydrogen (secondary N) is 1.